The molecule has 9 rings (SSSR count). The molecular weight excluding hydrogens is 849 g/mol. The minimum Gasteiger partial charge on any atom is -0.501 e. The zero-order valence-electron chi connectivity index (χ0n) is 38.6. The van der Waals surface area contributed by atoms with E-state index in [-0.39, 0.29) is 31.2 Å². The molecule has 1 radical (unpaired) electrons. The van der Waals surface area contributed by atoms with Gasteiger partial charge in [-0.1, -0.05) is 147 Å². The molecular formula is C51H42IrN2O-2. The van der Waals surface area contributed by atoms with Crippen LogP contribution in [0.1, 0.15) is 48.4 Å². The van der Waals surface area contributed by atoms with E-state index in [0.29, 0.717) is 22.4 Å². The number of rotatable bonds is 5. The van der Waals surface area contributed by atoms with E-state index in [2.05, 4.69) is 58.5 Å². The van der Waals surface area contributed by atoms with Crippen LogP contribution in [0.2, 0.25) is 0 Å². The number of aryl methyl sites for hydroxylation is 2. The topological polar surface area (TPSA) is 38.9 Å². The molecule has 0 aliphatic rings. The number of fused-ring (bicyclic) bond motifs is 5. The summed E-state index contributed by atoms with van der Waals surface area (Å²) < 4.78 is 69.0. The molecule has 9 aromatic rings. The molecule has 0 saturated carbocycles. The molecule has 0 aliphatic carbocycles. The van der Waals surface area contributed by atoms with Crippen molar-refractivity contribution in [1.29, 1.82) is 0 Å². The Morgan fingerprint density at radius 2 is 1.53 bits per heavy atom. The number of benzene rings is 6. The monoisotopic (exact) mass is 899 g/mol. The summed E-state index contributed by atoms with van der Waals surface area (Å²) >= 11 is 0. The molecule has 0 N–H and O–H groups in total. The van der Waals surface area contributed by atoms with Gasteiger partial charge in [0.25, 0.3) is 0 Å². The second-order valence-corrected chi connectivity index (χ2v) is 14.2. The van der Waals surface area contributed by atoms with Crippen molar-refractivity contribution in [2.24, 2.45) is 5.41 Å². The predicted octanol–water partition coefficient (Wildman–Crippen LogP) is 13.7. The first-order valence-electron chi connectivity index (χ1n) is 21.8. The van der Waals surface area contributed by atoms with Crippen molar-refractivity contribution in [2.75, 3.05) is 0 Å². The zero-order chi connectivity index (χ0) is 44.0. The van der Waals surface area contributed by atoms with E-state index >= 15 is 0 Å². The molecule has 3 aromatic heterocycles. The zero-order valence-corrected chi connectivity index (χ0v) is 33.0. The van der Waals surface area contributed by atoms with Crippen LogP contribution in [0.25, 0.3) is 77.5 Å². The summed E-state index contributed by atoms with van der Waals surface area (Å²) in [6.07, 6.45) is 1.69. The molecule has 273 valence electrons. The molecule has 3 nitrogen and oxygen atoms in total. The summed E-state index contributed by atoms with van der Waals surface area (Å²) in [7, 11) is 0. The molecule has 0 unspecified atom stereocenters. The third-order valence-corrected chi connectivity index (χ3v) is 9.15. The molecule has 6 aromatic carbocycles. The Morgan fingerprint density at radius 3 is 2.29 bits per heavy atom. The second-order valence-electron chi connectivity index (χ2n) is 14.2. The summed E-state index contributed by atoms with van der Waals surface area (Å²) in [5.41, 5.74) is 8.33. The van der Waals surface area contributed by atoms with E-state index in [9.17, 15) is 0 Å². The average Bonchev–Trinajstić information content (AvgIpc) is 3.66. The van der Waals surface area contributed by atoms with Crippen molar-refractivity contribution in [3.63, 3.8) is 0 Å². The molecule has 4 heteroatoms. The van der Waals surface area contributed by atoms with Gasteiger partial charge in [0.2, 0.25) is 0 Å². The summed E-state index contributed by atoms with van der Waals surface area (Å²) in [4.78, 5) is 8.87. The molecule has 55 heavy (non-hydrogen) atoms. The van der Waals surface area contributed by atoms with Gasteiger partial charge in [-0.2, -0.15) is 0 Å². The van der Waals surface area contributed by atoms with Crippen LogP contribution in [0.15, 0.2) is 156 Å². The fraction of sp³-hybridized carbons (Fsp3) is 0.137. The average molecular weight is 899 g/mol. The van der Waals surface area contributed by atoms with E-state index in [4.69, 9.17) is 15.4 Å². The first-order chi connectivity index (χ1) is 29.4. The Hall–Kier alpha value is -5.67. The van der Waals surface area contributed by atoms with Gasteiger partial charge in [0.05, 0.1) is 5.58 Å². The normalized spacial score (nSPS) is 14.2. The summed E-state index contributed by atoms with van der Waals surface area (Å²) in [6.45, 7) is 1.30. The summed E-state index contributed by atoms with van der Waals surface area (Å²) in [5.74, 6) is 0. The molecule has 3 heterocycles. The molecule has 0 fully saturated rings. The third-order valence-electron chi connectivity index (χ3n) is 9.15. The van der Waals surface area contributed by atoms with Gasteiger partial charge in [-0.25, -0.2) is 0 Å². The maximum Gasteiger partial charge on any atom is 0.121 e. The third kappa shape index (κ3) is 8.22. The van der Waals surface area contributed by atoms with Crippen LogP contribution in [0, 0.1) is 31.3 Å². The van der Waals surface area contributed by atoms with Crippen molar-refractivity contribution in [3.8, 4) is 44.8 Å². The standard InChI is InChI=1S/C32H26NO.C19H16N.Ir/c1-32(2,3)20-21-11-13-22(14-12-21)24-17-18-33-28(19-24)26-9-6-10-27-30-25-8-5-4-7-23(25)15-16-29(30)34-31(26)27;1-14-8-11-19(20-13-14)17-10-9-15(2)18(12-17)16-6-4-3-5-7-16;/h4-8,10-19H,20H2,1-3H3;3-9,11-13H,1-2H3;/q2*-1;/i20D2;1D3,2D3;. The Kier molecular flexibility index (Phi) is 8.34. The minimum atomic E-state index is -2.27. The van der Waals surface area contributed by atoms with Crippen molar-refractivity contribution in [2.45, 2.75) is 40.8 Å². The Morgan fingerprint density at radius 1 is 0.709 bits per heavy atom. The molecule has 0 aliphatic heterocycles. The largest absolute Gasteiger partial charge is 0.501 e. The van der Waals surface area contributed by atoms with Crippen LogP contribution in [0.3, 0.4) is 0 Å². The van der Waals surface area contributed by atoms with Crippen LogP contribution in [0.5, 0.6) is 0 Å². The van der Waals surface area contributed by atoms with Crippen molar-refractivity contribution in [3.05, 3.63) is 181 Å². The smallest absolute Gasteiger partial charge is 0.121 e. The van der Waals surface area contributed by atoms with Crippen LogP contribution in [0.4, 0.5) is 0 Å². The van der Waals surface area contributed by atoms with E-state index < -0.39 is 25.5 Å². The first-order valence-corrected chi connectivity index (χ1v) is 17.8. The van der Waals surface area contributed by atoms with Gasteiger partial charge in [0.1, 0.15) is 5.58 Å². The number of nitrogens with zero attached hydrogens (tertiary/aromatic N) is 2. The van der Waals surface area contributed by atoms with Gasteiger partial charge in [0, 0.05) is 48.9 Å². The number of aromatic nitrogens is 2. The summed E-state index contributed by atoms with van der Waals surface area (Å²) in [6, 6.07) is 50.1. The minimum absolute atomic E-state index is 0. The SMILES string of the molecule is [2H]C([2H])([2H])c1ccc(-c2[c-]cc(C([2H])([2H])[2H])c(-c3ccccc3)c2)nc1.[2H]C([2H])(c1ccc(-c2ccnc(-c3[c-]ccc4c3oc3ccc5ccccc5c34)c2)cc1)C(C)(C)C.[Ir]. The second kappa shape index (κ2) is 16.0. The fourth-order valence-corrected chi connectivity index (χ4v) is 6.68. The van der Waals surface area contributed by atoms with Crippen LogP contribution in [-0.4, -0.2) is 9.97 Å². The molecule has 0 bridgehead atoms. The predicted molar refractivity (Wildman–Crippen MR) is 225 cm³/mol. The molecule has 0 spiro atoms. The van der Waals surface area contributed by atoms with Crippen LogP contribution in [-0.2, 0) is 26.5 Å². The van der Waals surface area contributed by atoms with Gasteiger partial charge in [-0.15, -0.1) is 47.5 Å². The van der Waals surface area contributed by atoms with Gasteiger partial charge in [-0.05, 0) is 80.8 Å². The fourth-order valence-electron chi connectivity index (χ4n) is 6.68. The first kappa shape index (κ1) is 28.7. The van der Waals surface area contributed by atoms with E-state index in [0.717, 1.165) is 49.9 Å². The maximum absolute atomic E-state index is 8.56. The number of hydrogen-bond acceptors (Lipinski definition) is 3. The Bertz CT molecular complexity index is 3040. The van der Waals surface area contributed by atoms with E-state index in [1.54, 1.807) is 18.3 Å². The van der Waals surface area contributed by atoms with Crippen molar-refractivity contribution >= 4 is 32.7 Å². The number of pyridine rings is 2. The molecule has 0 amide bonds. The van der Waals surface area contributed by atoms with Gasteiger partial charge >= 0.3 is 0 Å². The number of hydrogen-bond donors (Lipinski definition) is 0. The van der Waals surface area contributed by atoms with Crippen LogP contribution >= 0.6 is 0 Å². The quantitative estimate of drug-likeness (QED) is 0.162. The van der Waals surface area contributed by atoms with Crippen molar-refractivity contribution in [1.82, 2.24) is 9.97 Å². The molecule has 0 atom stereocenters. The Labute approximate surface area is 348 Å². The Balaban J connectivity index is 0.000000196. The van der Waals surface area contributed by atoms with Gasteiger partial charge in [-0.3, -0.25) is 0 Å². The number of furan rings is 1. The maximum atomic E-state index is 8.56. The van der Waals surface area contributed by atoms with Gasteiger partial charge < -0.3 is 14.4 Å². The summed E-state index contributed by atoms with van der Waals surface area (Å²) in [5, 5.41) is 4.51. The van der Waals surface area contributed by atoms with E-state index in [1.165, 1.54) is 29.1 Å². The van der Waals surface area contributed by atoms with Gasteiger partial charge in [0.15, 0.2) is 0 Å². The van der Waals surface area contributed by atoms with Crippen LogP contribution < -0.4 is 0 Å². The molecule has 0 saturated heterocycles. The van der Waals surface area contributed by atoms with Crippen molar-refractivity contribution < 1.29 is 35.5 Å². The van der Waals surface area contributed by atoms with E-state index in [1.807, 2.05) is 99.6 Å².